The van der Waals surface area contributed by atoms with E-state index in [1.165, 1.54) is 24.1 Å². The SMILES string of the molecule is COc1cc(Cl)cc(C(=O)N2CC[C@@H](O)C[C@H]2C(=O)O)c1. The Morgan fingerprint density at radius 3 is 2.71 bits per heavy atom. The quantitative estimate of drug-likeness (QED) is 0.880. The fourth-order valence-electron chi connectivity index (χ4n) is 2.39. The molecule has 0 spiro atoms. The zero-order valence-corrected chi connectivity index (χ0v) is 12.2. The first-order valence-electron chi connectivity index (χ1n) is 6.48. The molecule has 2 atom stereocenters. The number of aliphatic carboxylic acids is 1. The Morgan fingerprint density at radius 1 is 1.38 bits per heavy atom. The molecule has 114 valence electrons. The third kappa shape index (κ3) is 3.46. The Hall–Kier alpha value is -1.79. The first-order chi connectivity index (χ1) is 9.92. The summed E-state index contributed by atoms with van der Waals surface area (Å²) in [5, 5.41) is 19.1. The molecule has 0 aromatic heterocycles. The van der Waals surface area contributed by atoms with Gasteiger partial charge in [-0.25, -0.2) is 4.79 Å². The number of aliphatic hydroxyl groups excluding tert-OH is 1. The zero-order valence-electron chi connectivity index (χ0n) is 11.5. The maximum absolute atomic E-state index is 12.5. The van der Waals surface area contributed by atoms with Gasteiger partial charge in [-0.2, -0.15) is 0 Å². The Bertz CT molecular complexity index is 562. The predicted octanol–water partition coefficient (Wildman–Crippen LogP) is 1.40. The van der Waals surface area contributed by atoms with E-state index in [0.29, 0.717) is 17.2 Å². The molecule has 1 amide bonds. The second-order valence-electron chi connectivity index (χ2n) is 4.91. The zero-order chi connectivity index (χ0) is 15.6. The van der Waals surface area contributed by atoms with Crippen LogP contribution in [-0.2, 0) is 4.79 Å². The van der Waals surface area contributed by atoms with E-state index < -0.39 is 24.0 Å². The van der Waals surface area contributed by atoms with Crippen LogP contribution in [0.2, 0.25) is 5.02 Å². The summed E-state index contributed by atoms with van der Waals surface area (Å²) in [7, 11) is 1.46. The minimum Gasteiger partial charge on any atom is -0.497 e. The lowest BCUT2D eigenvalue weighted by Gasteiger charge is -2.35. The molecule has 1 aromatic rings. The molecule has 2 rings (SSSR count). The lowest BCUT2D eigenvalue weighted by atomic mass is 9.98. The second kappa shape index (κ2) is 6.32. The van der Waals surface area contributed by atoms with Gasteiger partial charge in [0, 0.05) is 23.6 Å². The Morgan fingerprint density at radius 2 is 2.10 bits per heavy atom. The number of nitrogens with zero attached hydrogens (tertiary/aromatic N) is 1. The van der Waals surface area contributed by atoms with Crippen molar-refractivity contribution in [2.24, 2.45) is 0 Å². The lowest BCUT2D eigenvalue weighted by Crippen LogP contribution is -2.51. The number of rotatable bonds is 3. The summed E-state index contributed by atoms with van der Waals surface area (Å²) in [5.41, 5.74) is 0.266. The number of halogens is 1. The van der Waals surface area contributed by atoms with Gasteiger partial charge in [0.1, 0.15) is 11.8 Å². The number of methoxy groups -OCH3 is 1. The van der Waals surface area contributed by atoms with Crippen LogP contribution >= 0.6 is 11.6 Å². The highest BCUT2D eigenvalue weighted by atomic mass is 35.5. The number of carboxylic acids is 1. The van der Waals surface area contributed by atoms with Crippen LogP contribution in [0.25, 0.3) is 0 Å². The molecular weight excluding hydrogens is 298 g/mol. The molecule has 1 aromatic carbocycles. The van der Waals surface area contributed by atoms with Gasteiger partial charge in [-0.05, 0) is 24.6 Å². The molecule has 0 bridgehead atoms. The summed E-state index contributed by atoms with van der Waals surface area (Å²) in [4.78, 5) is 25.0. The molecule has 1 fully saturated rings. The monoisotopic (exact) mass is 313 g/mol. The van der Waals surface area contributed by atoms with Crippen LogP contribution in [0.4, 0.5) is 0 Å². The minimum absolute atomic E-state index is 0.0266. The van der Waals surface area contributed by atoms with Crippen molar-refractivity contribution < 1.29 is 24.5 Å². The van der Waals surface area contributed by atoms with E-state index in [-0.39, 0.29) is 18.5 Å². The molecule has 1 aliphatic rings. The van der Waals surface area contributed by atoms with Crippen molar-refractivity contribution in [2.45, 2.75) is 25.0 Å². The van der Waals surface area contributed by atoms with Crippen molar-refractivity contribution in [1.82, 2.24) is 4.90 Å². The van der Waals surface area contributed by atoms with Gasteiger partial charge in [0.15, 0.2) is 0 Å². The van der Waals surface area contributed by atoms with Crippen molar-refractivity contribution in [2.75, 3.05) is 13.7 Å². The molecule has 7 heteroatoms. The standard InChI is InChI=1S/C14H16ClNO5/c1-21-11-5-8(4-9(15)6-11)13(18)16-3-2-10(17)7-12(16)14(19)20/h4-6,10,12,17H,2-3,7H2,1H3,(H,19,20)/t10-,12+/m1/s1. The number of ether oxygens (including phenoxy) is 1. The van der Waals surface area contributed by atoms with E-state index in [1.54, 1.807) is 6.07 Å². The highest BCUT2D eigenvalue weighted by Crippen LogP contribution is 2.25. The molecule has 1 heterocycles. The summed E-state index contributed by atoms with van der Waals surface area (Å²) in [6.07, 6.45) is -0.324. The predicted molar refractivity (Wildman–Crippen MR) is 75.7 cm³/mol. The van der Waals surface area contributed by atoms with Crippen LogP contribution in [0.5, 0.6) is 5.75 Å². The average Bonchev–Trinajstić information content (AvgIpc) is 2.45. The van der Waals surface area contributed by atoms with E-state index in [0.717, 1.165) is 0 Å². The van der Waals surface area contributed by atoms with E-state index >= 15 is 0 Å². The highest BCUT2D eigenvalue weighted by Gasteiger charge is 2.36. The van der Waals surface area contributed by atoms with Crippen LogP contribution in [-0.4, -0.2) is 52.8 Å². The number of carboxylic acid groups (broad SMARTS) is 1. The number of carbonyl (C=O) groups excluding carboxylic acids is 1. The first kappa shape index (κ1) is 15.6. The molecule has 0 radical (unpaired) electrons. The first-order valence-corrected chi connectivity index (χ1v) is 6.86. The number of hydrogen-bond donors (Lipinski definition) is 2. The van der Waals surface area contributed by atoms with Gasteiger partial charge in [0.25, 0.3) is 5.91 Å². The van der Waals surface area contributed by atoms with Crippen molar-refractivity contribution >= 4 is 23.5 Å². The average molecular weight is 314 g/mol. The molecule has 0 aliphatic carbocycles. The van der Waals surface area contributed by atoms with Gasteiger partial charge >= 0.3 is 5.97 Å². The Kier molecular flexibility index (Phi) is 4.69. The van der Waals surface area contributed by atoms with Crippen molar-refractivity contribution in [3.8, 4) is 5.75 Å². The number of hydrogen-bond acceptors (Lipinski definition) is 4. The smallest absolute Gasteiger partial charge is 0.326 e. The molecular formula is C14H16ClNO5. The summed E-state index contributed by atoms with van der Waals surface area (Å²) in [6, 6.07) is 3.51. The van der Waals surface area contributed by atoms with Crippen LogP contribution in [0.1, 0.15) is 23.2 Å². The normalized spacial score (nSPS) is 22.0. The summed E-state index contributed by atoms with van der Waals surface area (Å²) in [5.74, 6) is -1.14. The maximum atomic E-state index is 12.5. The third-order valence-corrected chi connectivity index (χ3v) is 3.69. The van der Waals surface area contributed by atoms with Crippen molar-refractivity contribution in [3.63, 3.8) is 0 Å². The number of piperidine rings is 1. The minimum atomic E-state index is -1.13. The van der Waals surface area contributed by atoms with Crippen molar-refractivity contribution in [3.05, 3.63) is 28.8 Å². The highest BCUT2D eigenvalue weighted by molar-refractivity contribution is 6.31. The third-order valence-electron chi connectivity index (χ3n) is 3.47. The molecule has 0 saturated carbocycles. The van der Waals surface area contributed by atoms with E-state index in [2.05, 4.69) is 0 Å². The number of carbonyl (C=O) groups is 2. The van der Waals surface area contributed by atoms with E-state index in [4.69, 9.17) is 16.3 Å². The number of aliphatic hydroxyl groups is 1. The van der Waals surface area contributed by atoms with Gasteiger partial charge in [-0.1, -0.05) is 11.6 Å². The number of likely N-dealkylation sites (tertiary alicyclic amines) is 1. The number of amides is 1. The number of benzene rings is 1. The summed E-state index contributed by atoms with van der Waals surface area (Å²) >= 11 is 5.93. The fourth-order valence-corrected chi connectivity index (χ4v) is 2.62. The van der Waals surface area contributed by atoms with Crippen molar-refractivity contribution in [1.29, 1.82) is 0 Å². The lowest BCUT2D eigenvalue weighted by molar-refractivity contribution is -0.145. The Balaban J connectivity index is 2.29. The van der Waals surface area contributed by atoms with E-state index in [9.17, 15) is 19.8 Å². The molecule has 2 N–H and O–H groups in total. The molecule has 6 nitrogen and oxygen atoms in total. The Labute approximate surface area is 126 Å². The maximum Gasteiger partial charge on any atom is 0.326 e. The van der Waals surface area contributed by atoms with Gasteiger partial charge in [-0.15, -0.1) is 0 Å². The topological polar surface area (TPSA) is 87.1 Å². The molecule has 21 heavy (non-hydrogen) atoms. The van der Waals surface area contributed by atoms with Gasteiger partial charge in [0.2, 0.25) is 0 Å². The van der Waals surface area contributed by atoms with Gasteiger partial charge < -0.3 is 19.8 Å². The summed E-state index contributed by atoms with van der Waals surface area (Å²) < 4.78 is 5.05. The van der Waals surface area contributed by atoms with Gasteiger partial charge in [-0.3, -0.25) is 4.79 Å². The van der Waals surface area contributed by atoms with E-state index in [1.807, 2.05) is 0 Å². The molecule has 0 unspecified atom stereocenters. The second-order valence-corrected chi connectivity index (χ2v) is 5.35. The largest absolute Gasteiger partial charge is 0.497 e. The summed E-state index contributed by atoms with van der Waals surface area (Å²) in [6.45, 7) is 0.186. The molecule has 1 saturated heterocycles. The van der Waals surface area contributed by atoms with Crippen LogP contribution in [0, 0.1) is 0 Å². The molecule has 1 aliphatic heterocycles. The van der Waals surface area contributed by atoms with Crippen LogP contribution in [0.3, 0.4) is 0 Å². The van der Waals surface area contributed by atoms with Crippen LogP contribution < -0.4 is 4.74 Å². The van der Waals surface area contributed by atoms with Crippen LogP contribution in [0.15, 0.2) is 18.2 Å². The fraction of sp³-hybridized carbons (Fsp3) is 0.429. The van der Waals surface area contributed by atoms with Gasteiger partial charge in [0.05, 0.1) is 13.2 Å².